The first kappa shape index (κ1) is 14.4. The molecule has 0 saturated heterocycles. The molecule has 0 fully saturated rings. The van der Waals surface area contributed by atoms with Crippen LogP contribution in [0.3, 0.4) is 0 Å². The van der Waals surface area contributed by atoms with Crippen LogP contribution in [0.4, 0.5) is 0 Å². The van der Waals surface area contributed by atoms with E-state index < -0.39 is 0 Å². The van der Waals surface area contributed by atoms with Gasteiger partial charge >= 0.3 is 5.97 Å². The molecule has 0 amide bonds. The summed E-state index contributed by atoms with van der Waals surface area (Å²) >= 11 is 3.45. The molecule has 1 aromatic carbocycles. The molecule has 0 spiro atoms. The molecule has 3 aromatic rings. The number of aromatic nitrogens is 2. The van der Waals surface area contributed by atoms with Crippen LogP contribution < -0.4 is 0 Å². The number of carbonyl (C=O) groups is 1. The number of thiophene rings is 1. The molecule has 2 aromatic heterocycles. The highest BCUT2D eigenvalue weighted by atomic mass is 127. The van der Waals surface area contributed by atoms with Crippen LogP contribution in [-0.2, 0) is 4.74 Å². The van der Waals surface area contributed by atoms with Gasteiger partial charge in [-0.15, -0.1) is 11.3 Å². The lowest BCUT2D eigenvalue weighted by molar-refractivity contribution is 0.0531. The molecule has 3 rings (SSSR count). The molecule has 106 valence electrons. The number of rotatable bonds is 3. The lowest BCUT2D eigenvalue weighted by Gasteiger charge is -1.99. The number of ether oxygens (including phenoxy) is 1. The van der Waals surface area contributed by atoms with Gasteiger partial charge < -0.3 is 4.74 Å². The largest absolute Gasteiger partial charge is 0.462 e. The predicted molar refractivity (Wildman–Crippen MR) is 91.5 cm³/mol. The van der Waals surface area contributed by atoms with Crippen LogP contribution in [0.15, 0.2) is 36.5 Å². The third kappa shape index (κ3) is 2.77. The number of hydrogen-bond acceptors (Lipinski definition) is 5. The van der Waals surface area contributed by atoms with E-state index in [1.54, 1.807) is 13.1 Å². The van der Waals surface area contributed by atoms with Gasteiger partial charge in [0.15, 0.2) is 0 Å². The molecule has 0 unspecified atom stereocenters. The van der Waals surface area contributed by atoms with Crippen molar-refractivity contribution in [3.63, 3.8) is 0 Å². The van der Waals surface area contributed by atoms with E-state index in [0.29, 0.717) is 11.5 Å². The van der Waals surface area contributed by atoms with Crippen molar-refractivity contribution in [3.05, 3.63) is 45.0 Å². The van der Waals surface area contributed by atoms with Crippen molar-refractivity contribution in [2.45, 2.75) is 6.92 Å². The van der Waals surface area contributed by atoms with Gasteiger partial charge in [-0.25, -0.2) is 9.78 Å². The van der Waals surface area contributed by atoms with E-state index in [1.165, 1.54) is 11.3 Å². The van der Waals surface area contributed by atoms with Crippen molar-refractivity contribution in [1.82, 2.24) is 9.97 Å². The highest BCUT2D eigenvalue weighted by molar-refractivity contribution is 14.1. The zero-order valence-electron chi connectivity index (χ0n) is 11.2. The number of nitrogens with zero attached hydrogens (tertiary/aromatic N) is 2. The van der Waals surface area contributed by atoms with Crippen LogP contribution in [0.2, 0.25) is 0 Å². The van der Waals surface area contributed by atoms with E-state index in [4.69, 9.17) is 4.74 Å². The van der Waals surface area contributed by atoms with Crippen molar-refractivity contribution in [2.75, 3.05) is 6.61 Å². The normalized spacial score (nSPS) is 10.8. The molecule has 0 radical (unpaired) electrons. The van der Waals surface area contributed by atoms with Crippen LogP contribution in [0.1, 0.15) is 16.6 Å². The maximum atomic E-state index is 11.9. The van der Waals surface area contributed by atoms with E-state index in [-0.39, 0.29) is 5.97 Å². The van der Waals surface area contributed by atoms with Crippen molar-refractivity contribution in [2.24, 2.45) is 0 Å². The summed E-state index contributed by atoms with van der Waals surface area (Å²) < 4.78 is 5.87. The van der Waals surface area contributed by atoms with Gasteiger partial charge in [0.25, 0.3) is 0 Å². The van der Waals surface area contributed by atoms with Gasteiger partial charge in [-0.2, -0.15) is 0 Å². The van der Waals surface area contributed by atoms with Crippen LogP contribution in [0.5, 0.6) is 0 Å². The average molecular weight is 410 g/mol. The van der Waals surface area contributed by atoms with Crippen molar-refractivity contribution >= 4 is 50.2 Å². The van der Waals surface area contributed by atoms with E-state index >= 15 is 0 Å². The summed E-state index contributed by atoms with van der Waals surface area (Å²) in [5, 5.41) is 0. The van der Waals surface area contributed by atoms with E-state index in [2.05, 4.69) is 32.6 Å². The van der Waals surface area contributed by atoms with Crippen LogP contribution in [0, 0.1) is 3.57 Å². The lowest BCUT2D eigenvalue weighted by atomic mass is 10.2. The molecule has 4 nitrogen and oxygen atoms in total. The summed E-state index contributed by atoms with van der Waals surface area (Å²) in [7, 11) is 0. The summed E-state index contributed by atoms with van der Waals surface area (Å²) in [5.41, 5.74) is 2.56. The first-order valence-electron chi connectivity index (χ1n) is 6.38. The fourth-order valence-corrected chi connectivity index (χ4v) is 3.96. The predicted octanol–water partition coefficient (Wildman–Crippen LogP) is 4.14. The number of carbonyl (C=O) groups excluding carboxylic acids is 1. The van der Waals surface area contributed by atoms with Crippen molar-refractivity contribution in [3.8, 4) is 11.3 Å². The molecular weight excluding hydrogens is 399 g/mol. The van der Waals surface area contributed by atoms with Crippen LogP contribution in [-0.4, -0.2) is 22.5 Å². The molecule has 0 atom stereocenters. The first-order chi connectivity index (χ1) is 10.2. The molecule has 0 saturated carbocycles. The van der Waals surface area contributed by atoms with Gasteiger partial charge in [-0.3, -0.25) is 4.98 Å². The van der Waals surface area contributed by atoms with E-state index in [1.807, 2.05) is 30.3 Å². The fourth-order valence-electron chi connectivity index (χ4n) is 1.92. The Bertz CT molecular complexity index is 802. The van der Waals surface area contributed by atoms with Gasteiger partial charge in [0.05, 0.1) is 22.1 Å². The second kappa shape index (κ2) is 6.07. The van der Waals surface area contributed by atoms with Crippen LogP contribution >= 0.6 is 33.9 Å². The maximum absolute atomic E-state index is 11.9. The Morgan fingerprint density at radius 1 is 1.33 bits per heavy atom. The topological polar surface area (TPSA) is 52.1 Å². The molecule has 0 N–H and O–H groups in total. The summed E-state index contributed by atoms with van der Waals surface area (Å²) in [4.78, 5) is 22.3. The number of fused-ring (bicyclic) bond motifs is 1. The second-order valence-electron chi connectivity index (χ2n) is 4.24. The highest BCUT2D eigenvalue weighted by Crippen LogP contribution is 2.32. The summed E-state index contributed by atoms with van der Waals surface area (Å²) in [6.45, 7) is 2.15. The second-order valence-corrected chi connectivity index (χ2v) is 6.32. The van der Waals surface area contributed by atoms with Gasteiger partial charge in [-0.05, 0) is 29.5 Å². The van der Waals surface area contributed by atoms with Crippen molar-refractivity contribution in [1.29, 1.82) is 0 Å². The lowest BCUT2D eigenvalue weighted by Crippen LogP contribution is -2.03. The summed E-state index contributed by atoms with van der Waals surface area (Å²) in [6, 6.07) is 9.86. The first-order valence-corrected chi connectivity index (χ1v) is 8.27. The molecule has 0 bridgehead atoms. The molecule has 0 aliphatic rings. The smallest absolute Gasteiger partial charge is 0.349 e. The van der Waals surface area contributed by atoms with Crippen molar-refractivity contribution < 1.29 is 9.53 Å². The molecular formula is C15H11IN2O2S. The zero-order valence-corrected chi connectivity index (χ0v) is 14.1. The zero-order chi connectivity index (χ0) is 14.8. The summed E-state index contributed by atoms with van der Waals surface area (Å²) in [5.74, 6) is -0.312. The average Bonchev–Trinajstić information content (AvgIpc) is 2.85. The fraction of sp³-hybridized carbons (Fsp3) is 0.133. The minimum atomic E-state index is -0.312. The number of hydrogen-bond donors (Lipinski definition) is 0. The standard InChI is InChI=1S/C15H11IN2O2S/c1-2-20-15(19)13-11(16)12-14(21-13)18-10(8-17-12)9-6-4-3-5-7-9/h3-8H,2H2,1H3. The van der Waals surface area contributed by atoms with Crippen LogP contribution in [0.25, 0.3) is 21.6 Å². The maximum Gasteiger partial charge on any atom is 0.349 e. The third-order valence-corrected chi connectivity index (χ3v) is 5.35. The van der Waals surface area contributed by atoms with Gasteiger partial charge in [-0.1, -0.05) is 30.3 Å². The Balaban J connectivity index is 2.09. The van der Waals surface area contributed by atoms with Gasteiger partial charge in [0.2, 0.25) is 0 Å². The minimum Gasteiger partial charge on any atom is -0.462 e. The summed E-state index contributed by atoms with van der Waals surface area (Å²) in [6.07, 6.45) is 1.74. The number of esters is 1. The van der Waals surface area contributed by atoms with Gasteiger partial charge in [0, 0.05) is 5.56 Å². The molecule has 21 heavy (non-hydrogen) atoms. The minimum absolute atomic E-state index is 0.312. The molecule has 2 heterocycles. The van der Waals surface area contributed by atoms with E-state index in [9.17, 15) is 4.79 Å². The Morgan fingerprint density at radius 2 is 2.10 bits per heavy atom. The Morgan fingerprint density at radius 3 is 2.81 bits per heavy atom. The molecule has 6 heteroatoms. The quantitative estimate of drug-likeness (QED) is 0.481. The van der Waals surface area contributed by atoms with E-state index in [0.717, 1.165) is 25.2 Å². The molecule has 0 aliphatic heterocycles. The molecule has 0 aliphatic carbocycles. The number of benzene rings is 1. The number of halogens is 1. The Hall–Kier alpha value is -1.54. The highest BCUT2D eigenvalue weighted by Gasteiger charge is 2.19. The Labute approximate surface area is 139 Å². The monoisotopic (exact) mass is 410 g/mol. The SMILES string of the molecule is CCOC(=O)c1sc2nc(-c3ccccc3)cnc2c1I. The Kier molecular flexibility index (Phi) is 4.16. The third-order valence-electron chi connectivity index (χ3n) is 2.88. The van der Waals surface area contributed by atoms with Gasteiger partial charge in [0.1, 0.15) is 15.2 Å².